The van der Waals surface area contributed by atoms with E-state index >= 15 is 0 Å². The number of carbonyl (C=O) groups is 1. The van der Waals surface area contributed by atoms with Gasteiger partial charge in [0.1, 0.15) is 11.5 Å². The second-order valence-corrected chi connectivity index (χ2v) is 8.34. The van der Waals surface area contributed by atoms with Gasteiger partial charge in [-0.1, -0.05) is 36.4 Å². The van der Waals surface area contributed by atoms with E-state index in [1.165, 1.54) is 50.6 Å². The molecule has 2 aromatic carbocycles. The van der Waals surface area contributed by atoms with Crippen molar-refractivity contribution in [2.75, 3.05) is 14.2 Å². The molecule has 1 heterocycles. The summed E-state index contributed by atoms with van der Waals surface area (Å²) in [6.45, 7) is 0. The number of Topliss-reactive ketones (excluding diaryl/α,β-unsaturated/α-hetero) is 1. The minimum Gasteiger partial charge on any atom is -0.496 e. The van der Waals surface area contributed by atoms with Crippen molar-refractivity contribution in [3.63, 3.8) is 0 Å². The van der Waals surface area contributed by atoms with Crippen molar-refractivity contribution in [2.24, 2.45) is 5.73 Å². The van der Waals surface area contributed by atoms with Gasteiger partial charge in [-0.2, -0.15) is 8.42 Å². The molecule has 3 rings (SSSR count). The Hall–Kier alpha value is -3.01. The molecular weight excluding hydrogens is 419 g/mol. The molecule has 1 atom stereocenters. The lowest BCUT2D eigenvalue weighted by Gasteiger charge is -2.28. The molecule has 1 aliphatic heterocycles. The van der Waals surface area contributed by atoms with E-state index in [0.29, 0.717) is 0 Å². The fraction of sp³-hybridized carbons (Fsp3) is 0.211. The summed E-state index contributed by atoms with van der Waals surface area (Å²) >= 11 is 0. The Kier molecular flexibility index (Phi) is 5.79. The summed E-state index contributed by atoms with van der Waals surface area (Å²) in [5.74, 6) is -2.36. The number of benzene rings is 2. The van der Waals surface area contributed by atoms with Crippen molar-refractivity contribution in [1.82, 2.24) is 0 Å². The maximum Gasteiger partial charge on any atom is 0.302 e. The number of hydrogen-bond donors (Lipinski definition) is 1. The Balaban J connectivity index is 2.01. The summed E-state index contributed by atoms with van der Waals surface area (Å²) < 4.78 is 44.0. The van der Waals surface area contributed by atoms with Crippen molar-refractivity contribution in [3.8, 4) is 11.5 Å². The molecule has 0 amide bonds. The highest BCUT2D eigenvalue weighted by molar-refractivity contribution is 7.90. The Morgan fingerprint density at radius 2 is 1.55 bits per heavy atom. The molecule has 2 aromatic rings. The minimum absolute atomic E-state index is 0.0150. The first-order valence-electron chi connectivity index (χ1n) is 8.80. The molecule has 0 fully saturated rings. The van der Waals surface area contributed by atoms with Crippen molar-refractivity contribution in [2.45, 2.75) is 10.0 Å². The zero-order chi connectivity index (χ0) is 23.0. The summed E-state index contributed by atoms with van der Waals surface area (Å²) in [5.41, 5.74) is 3.48. The third-order valence-corrected chi connectivity index (χ3v) is 6.12. The van der Waals surface area contributed by atoms with Crippen LogP contribution in [0.25, 0.3) is 0 Å². The van der Waals surface area contributed by atoms with E-state index in [-0.39, 0.29) is 22.6 Å². The van der Waals surface area contributed by atoms with Gasteiger partial charge < -0.3 is 24.1 Å². The molecule has 12 heteroatoms. The van der Waals surface area contributed by atoms with Crippen molar-refractivity contribution in [3.05, 3.63) is 71.3 Å². The summed E-state index contributed by atoms with van der Waals surface area (Å²) in [6, 6.07) is 12.1. The second kappa shape index (κ2) is 7.92. The van der Waals surface area contributed by atoms with Gasteiger partial charge in [0, 0.05) is 0 Å². The van der Waals surface area contributed by atoms with E-state index in [1.807, 2.05) is 0 Å². The SMILES string of the molecule is [B]C([B])(c1ccccc1)S(=O)(=O)OC1=C(N)O[C@]([B])(c2c(OC)cccc2OC)C1=O. The van der Waals surface area contributed by atoms with Crippen molar-refractivity contribution in [1.29, 1.82) is 0 Å². The molecule has 0 aromatic heterocycles. The lowest BCUT2D eigenvalue weighted by Crippen LogP contribution is -2.40. The molecule has 0 spiro atoms. The number of carbonyl (C=O) groups excluding carboxylic acids is 1. The van der Waals surface area contributed by atoms with Crippen LogP contribution in [0.5, 0.6) is 11.5 Å². The molecule has 2 N–H and O–H groups in total. The first-order chi connectivity index (χ1) is 14.5. The largest absolute Gasteiger partial charge is 0.496 e. The number of nitrogens with two attached hydrogens (primary N) is 1. The Bertz CT molecular complexity index is 1130. The number of methoxy groups -OCH3 is 2. The van der Waals surface area contributed by atoms with Gasteiger partial charge >= 0.3 is 10.1 Å². The van der Waals surface area contributed by atoms with Crippen molar-refractivity contribution < 1.29 is 31.6 Å². The molecule has 8 nitrogen and oxygen atoms in total. The molecule has 0 bridgehead atoms. The first kappa shape index (κ1) is 22.7. The predicted octanol–water partition coefficient (Wildman–Crippen LogP) is 0.246. The molecular formula is C19H16B3NO7S. The van der Waals surface area contributed by atoms with Crippen LogP contribution < -0.4 is 15.2 Å². The molecule has 31 heavy (non-hydrogen) atoms. The highest BCUT2D eigenvalue weighted by atomic mass is 32.2. The number of ketones is 1. The number of rotatable bonds is 7. The maximum atomic E-state index is 13.1. The fourth-order valence-corrected chi connectivity index (χ4v) is 3.97. The predicted molar refractivity (Wildman–Crippen MR) is 114 cm³/mol. The van der Waals surface area contributed by atoms with Crippen LogP contribution in [-0.2, 0) is 33.9 Å². The van der Waals surface area contributed by atoms with Crippen LogP contribution >= 0.6 is 0 Å². The molecule has 1 aliphatic rings. The zero-order valence-electron chi connectivity index (χ0n) is 16.7. The molecule has 0 unspecified atom stereocenters. The average Bonchev–Trinajstić information content (AvgIpc) is 2.96. The standard InChI is InChI=1S/C19H16B3NO7S/c1-27-12-9-6-10-13(28-2)14(12)18(20)16(24)15(17(23)29-18)30-31(25,26)19(21,22)11-7-4-3-5-8-11/h3-10H,23H2,1-2H3/t18-/m1/s1. The highest BCUT2D eigenvalue weighted by Crippen LogP contribution is 2.45. The summed E-state index contributed by atoms with van der Waals surface area (Å²) in [7, 11) is 15.7. The van der Waals surface area contributed by atoms with Gasteiger partial charge in [0.05, 0.1) is 40.0 Å². The molecule has 6 radical (unpaired) electrons. The van der Waals surface area contributed by atoms with E-state index in [1.54, 1.807) is 12.1 Å². The Morgan fingerprint density at radius 3 is 2.06 bits per heavy atom. The fourth-order valence-electron chi connectivity index (χ4n) is 3.03. The monoisotopic (exact) mass is 435 g/mol. The van der Waals surface area contributed by atoms with Crippen LogP contribution in [0, 0.1) is 0 Å². The van der Waals surface area contributed by atoms with Crippen LogP contribution in [-0.4, -0.2) is 52.0 Å². The molecule has 154 valence electrons. The quantitative estimate of drug-likeness (QED) is 0.487. The second-order valence-electron chi connectivity index (χ2n) is 6.59. The topological polar surface area (TPSA) is 114 Å². The lowest BCUT2D eigenvalue weighted by molar-refractivity contribution is -0.126. The van der Waals surface area contributed by atoms with E-state index in [2.05, 4.69) is 0 Å². The normalized spacial score (nSPS) is 19.1. The molecule has 0 saturated carbocycles. The van der Waals surface area contributed by atoms with E-state index in [9.17, 15) is 13.2 Å². The number of hydrogen-bond acceptors (Lipinski definition) is 8. The molecule has 0 saturated heterocycles. The van der Waals surface area contributed by atoms with Gasteiger partial charge in [0.25, 0.3) is 0 Å². The average molecular weight is 435 g/mol. The van der Waals surface area contributed by atoms with Gasteiger partial charge in [-0.05, 0) is 17.7 Å². The Labute approximate surface area is 184 Å². The van der Waals surface area contributed by atoms with Gasteiger partial charge in [0.2, 0.25) is 17.4 Å². The van der Waals surface area contributed by atoms with Gasteiger partial charge in [0.15, 0.2) is 13.3 Å². The zero-order valence-corrected chi connectivity index (χ0v) is 17.5. The highest BCUT2D eigenvalue weighted by Gasteiger charge is 2.52. The van der Waals surface area contributed by atoms with Crippen LogP contribution in [0.2, 0.25) is 0 Å². The third kappa shape index (κ3) is 3.65. The minimum atomic E-state index is -4.83. The van der Waals surface area contributed by atoms with Crippen LogP contribution in [0.3, 0.4) is 0 Å². The summed E-state index contributed by atoms with van der Waals surface area (Å²) in [5, 5.41) is 0. The van der Waals surface area contributed by atoms with Crippen LogP contribution in [0.1, 0.15) is 11.1 Å². The van der Waals surface area contributed by atoms with E-state index in [0.717, 1.165) is 0 Å². The van der Waals surface area contributed by atoms with E-state index in [4.69, 9.17) is 47.7 Å². The lowest BCUT2D eigenvalue weighted by atomic mass is 9.65. The van der Waals surface area contributed by atoms with Gasteiger partial charge in [-0.15, -0.1) is 0 Å². The van der Waals surface area contributed by atoms with Gasteiger partial charge in [-0.3, -0.25) is 4.79 Å². The van der Waals surface area contributed by atoms with Crippen molar-refractivity contribution >= 4 is 39.4 Å². The maximum absolute atomic E-state index is 13.1. The third-order valence-electron chi connectivity index (χ3n) is 4.67. The first-order valence-corrected chi connectivity index (χ1v) is 10.2. The van der Waals surface area contributed by atoms with Crippen LogP contribution in [0.4, 0.5) is 0 Å². The molecule has 0 aliphatic carbocycles. The van der Waals surface area contributed by atoms with Crippen LogP contribution in [0.15, 0.2) is 60.2 Å². The Morgan fingerprint density at radius 1 is 1.00 bits per heavy atom. The smallest absolute Gasteiger partial charge is 0.302 e. The summed E-state index contributed by atoms with van der Waals surface area (Å²) in [6.07, 6.45) is 0. The summed E-state index contributed by atoms with van der Waals surface area (Å²) in [4.78, 5) is 13.1. The number of ether oxygens (including phenoxy) is 3. The van der Waals surface area contributed by atoms with E-state index < -0.39 is 37.6 Å². The van der Waals surface area contributed by atoms with Gasteiger partial charge in [-0.25, -0.2) is 0 Å².